The number of carbonyl (C=O) groups excluding carboxylic acids is 1. The van der Waals surface area contributed by atoms with Crippen LogP contribution < -0.4 is 10.2 Å². The summed E-state index contributed by atoms with van der Waals surface area (Å²) in [6, 6.07) is 5.98. The Morgan fingerprint density at radius 1 is 1.29 bits per heavy atom. The van der Waals surface area contributed by atoms with Crippen molar-refractivity contribution in [3.8, 4) is 0 Å². The Morgan fingerprint density at radius 3 is 2.38 bits per heavy atom. The Kier molecular flexibility index (Phi) is 5.61. The van der Waals surface area contributed by atoms with E-state index in [-0.39, 0.29) is 12.6 Å². The van der Waals surface area contributed by atoms with Crippen LogP contribution in [0.1, 0.15) is 25.0 Å². The molecule has 2 amide bonds. The van der Waals surface area contributed by atoms with Crippen LogP contribution in [-0.2, 0) is 6.54 Å². The molecule has 0 aliphatic heterocycles. The minimum Gasteiger partial charge on any atom is -0.389 e. The Balaban J connectivity index is 2.61. The van der Waals surface area contributed by atoms with Crippen LogP contribution >= 0.6 is 0 Å². The SMILES string of the molecule is Cc1cc(N(C)C)ccc1CNC(=O)N(C)CC(C)(C)O. The fourth-order valence-electron chi connectivity index (χ4n) is 2.11. The summed E-state index contributed by atoms with van der Waals surface area (Å²) in [6.45, 7) is 6.17. The molecule has 1 aromatic rings. The molecule has 0 heterocycles. The van der Waals surface area contributed by atoms with Crippen molar-refractivity contribution in [2.75, 3.05) is 32.6 Å². The van der Waals surface area contributed by atoms with Crippen LogP contribution in [0.3, 0.4) is 0 Å². The summed E-state index contributed by atoms with van der Waals surface area (Å²) in [4.78, 5) is 15.5. The number of likely N-dealkylation sites (N-methyl/N-ethyl adjacent to an activating group) is 1. The Labute approximate surface area is 127 Å². The molecule has 5 nitrogen and oxygen atoms in total. The summed E-state index contributed by atoms with van der Waals surface area (Å²) in [7, 11) is 5.68. The lowest BCUT2D eigenvalue weighted by Crippen LogP contribution is -2.44. The van der Waals surface area contributed by atoms with Crippen molar-refractivity contribution in [2.24, 2.45) is 0 Å². The third-order valence-electron chi connectivity index (χ3n) is 3.24. The first-order valence-electron chi connectivity index (χ1n) is 7.08. The van der Waals surface area contributed by atoms with Crippen molar-refractivity contribution in [3.63, 3.8) is 0 Å². The number of nitrogens with zero attached hydrogens (tertiary/aromatic N) is 2. The van der Waals surface area contributed by atoms with E-state index in [1.54, 1.807) is 20.9 Å². The summed E-state index contributed by atoms with van der Waals surface area (Å²) in [6.07, 6.45) is 0. The van der Waals surface area contributed by atoms with E-state index in [0.717, 1.165) is 16.8 Å². The number of nitrogens with one attached hydrogen (secondary N) is 1. The number of aliphatic hydroxyl groups is 1. The van der Waals surface area contributed by atoms with Crippen molar-refractivity contribution in [1.29, 1.82) is 0 Å². The largest absolute Gasteiger partial charge is 0.389 e. The van der Waals surface area contributed by atoms with Gasteiger partial charge in [0.15, 0.2) is 0 Å². The molecule has 0 saturated heterocycles. The molecule has 0 atom stereocenters. The topological polar surface area (TPSA) is 55.8 Å². The number of aryl methyl sites for hydroxylation is 1. The molecule has 5 heteroatoms. The van der Waals surface area contributed by atoms with Crippen molar-refractivity contribution < 1.29 is 9.90 Å². The van der Waals surface area contributed by atoms with Gasteiger partial charge in [-0.2, -0.15) is 0 Å². The predicted octanol–water partition coefficient (Wildman–Crippen LogP) is 1.97. The number of rotatable bonds is 5. The smallest absolute Gasteiger partial charge is 0.317 e. The lowest BCUT2D eigenvalue weighted by molar-refractivity contribution is 0.0531. The van der Waals surface area contributed by atoms with Crippen LogP contribution in [0.5, 0.6) is 0 Å². The van der Waals surface area contributed by atoms with E-state index in [1.807, 2.05) is 38.1 Å². The highest BCUT2D eigenvalue weighted by atomic mass is 16.3. The first kappa shape index (κ1) is 17.3. The molecule has 118 valence electrons. The monoisotopic (exact) mass is 293 g/mol. The lowest BCUT2D eigenvalue weighted by Gasteiger charge is -2.26. The zero-order chi connectivity index (χ0) is 16.2. The molecule has 0 fully saturated rings. The van der Waals surface area contributed by atoms with Crippen molar-refractivity contribution in [1.82, 2.24) is 10.2 Å². The van der Waals surface area contributed by atoms with Crippen molar-refractivity contribution in [2.45, 2.75) is 32.9 Å². The Hall–Kier alpha value is -1.75. The zero-order valence-corrected chi connectivity index (χ0v) is 13.9. The standard InChI is InChI=1S/C16H27N3O2/c1-12-9-14(18(4)5)8-7-13(12)10-17-15(20)19(6)11-16(2,3)21/h7-9,21H,10-11H2,1-6H3,(H,17,20). The summed E-state index contributed by atoms with van der Waals surface area (Å²) in [5.41, 5.74) is 2.48. The van der Waals surface area contributed by atoms with Gasteiger partial charge in [-0.1, -0.05) is 6.07 Å². The second-order valence-electron chi connectivity index (χ2n) is 6.33. The van der Waals surface area contributed by atoms with Gasteiger partial charge in [-0.05, 0) is 44.0 Å². The van der Waals surface area contributed by atoms with Crippen molar-refractivity contribution >= 4 is 11.7 Å². The molecule has 2 N–H and O–H groups in total. The fraction of sp³-hybridized carbons (Fsp3) is 0.562. The van der Waals surface area contributed by atoms with Gasteiger partial charge < -0.3 is 20.2 Å². The van der Waals surface area contributed by atoms with Gasteiger partial charge in [-0.3, -0.25) is 0 Å². The number of anilines is 1. The number of hydrogen-bond acceptors (Lipinski definition) is 3. The molecule has 0 unspecified atom stereocenters. The van der Waals surface area contributed by atoms with E-state index in [0.29, 0.717) is 6.54 Å². The predicted molar refractivity (Wildman–Crippen MR) is 86.7 cm³/mol. The van der Waals surface area contributed by atoms with Gasteiger partial charge in [0.25, 0.3) is 0 Å². The highest BCUT2D eigenvalue weighted by Crippen LogP contribution is 2.17. The summed E-state index contributed by atoms with van der Waals surface area (Å²) < 4.78 is 0. The highest BCUT2D eigenvalue weighted by Gasteiger charge is 2.19. The quantitative estimate of drug-likeness (QED) is 0.873. The minimum atomic E-state index is -0.893. The molecule has 1 rings (SSSR count). The second-order valence-corrected chi connectivity index (χ2v) is 6.33. The average molecular weight is 293 g/mol. The number of amides is 2. The van der Waals surface area contributed by atoms with Gasteiger partial charge in [0, 0.05) is 33.4 Å². The lowest BCUT2D eigenvalue weighted by atomic mass is 10.1. The van der Waals surface area contributed by atoms with E-state index >= 15 is 0 Å². The van der Waals surface area contributed by atoms with Gasteiger partial charge in [-0.25, -0.2) is 4.79 Å². The van der Waals surface area contributed by atoms with Crippen LogP contribution in [0.15, 0.2) is 18.2 Å². The fourth-order valence-corrected chi connectivity index (χ4v) is 2.11. The summed E-state index contributed by atoms with van der Waals surface area (Å²) in [5, 5.41) is 12.6. The molecule has 0 aliphatic rings. The summed E-state index contributed by atoms with van der Waals surface area (Å²) in [5.74, 6) is 0. The van der Waals surface area contributed by atoms with Crippen LogP contribution in [0.4, 0.5) is 10.5 Å². The molecule has 0 aliphatic carbocycles. The molecular weight excluding hydrogens is 266 g/mol. The normalized spacial score (nSPS) is 11.2. The van der Waals surface area contributed by atoms with Gasteiger partial charge >= 0.3 is 6.03 Å². The minimum absolute atomic E-state index is 0.187. The van der Waals surface area contributed by atoms with Gasteiger partial charge in [0.1, 0.15) is 0 Å². The van der Waals surface area contributed by atoms with E-state index in [1.165, 1.54) is 4.90 Å². The molecule has 1 aromatic carbocycles. The van der Waals surface area contributed by atoms with E-state index in [4.69, 9.17) is 0 Å². The van der Waals surface area contributed by atoms with E-state index in [9.17, 15) is 9.90 Å². The maximum atomic E-state index is 12.0. The highest BCUT2D eigenvalue weighted by molar-refractivity contribution is 5.74. The number of hydrogen-bond donors (Lipinski definition) is 2. The van der Waals surface area contributed by atoms with E-state index in [2.05, 4.69) is 11.4 Å². The van der Waals surface area contributed by atoms with Gasteiger partial charge in [0.2, 0.25) is 0 Å². The first-order chi connectivity index (χ1) is 9.60. The third-order valence-corrected chi connectivity index (χ3v) is 3.24. The van der Waals surface area contributed by atoms with E-state index < -0.39 is 5.60 Å². The molecule has 0 aromatic heterocycles. The Bertz CT molecular complexity index is 493. The third kappa shape index (κ3) is 5.63. The maximum Gasteiger partial charge on any atom is 0.317 e. The van der Waals surface area contributed by atoms with Crippen LogP contribution in [0.25, 0.3) is 0 Å². The number of carbonyl (C=O) groups is 1. The molecule has 21 heavy (non-hydrogen) atoms. The van der Waals surface area contributed by atoms with Gasteiger partial charge in [0.05, 0.1) is 12.1 Å². The maximum absolute atomic E-state index is 12.0. The second kappa shape index (κ2) is 6.80. The van der Waals surface area contributed by atoms with Crippen LogP contribution in [0, 0.1) is 6.92 Å². The van der Waals surface area contributed by atoms with Crippen LogP contribution in [0.2, 0.25) is 0 Å². The van der Waals surface area contributed by atoms with Crippen molar-refractivity contribution in [3.05, 3.63) is 29.3 Å². The van der Waals surface area contributed by atoms with Crippen LogP contribution in [-0.4, -0.2) is 49.3 Å². The molecule has 0 spiro atoms. The molecule has 0 saturated carbocycles. The van der Waals surface area contributed by atoms with Gasteiger partial charge in [-0.15, -0.1) is 0 Å². The molecule has 0 radical (unpaired) electrons. The number of benzene rings is 1. The summed E-state index contributed by atoms with van der Waals surface area (Å²) >= 11 is 0. The zero-order valence-electron chi connectivity index (χ0n) is 13.9. The molecular formula is C16H27N3O2. The average Bonchev–Trinajstić information content (AvgIpc) is 2.34. The molecule has 0 bridgehead atoms. The Morgan fingerprint density at radius 2 is 1.90 bits per heavy atom. The first-order valence-corrected chi connectivity index (χ1v) is 7.08. The number of urea groups is 1.